The van der Waals surface area contributed by atoms with Crippen LogP contribution in [0.5, 0.6) is 5.75 Å². The van der Waals surface area contributed by atoms with E-state index in [0.717, 1.165) is 24.0 Å². The van der Waals surface area contributed by atoms with Gasteiger partial charge in [-0.2, -0.15) is 0 Å². The van der Waals surface area contributed by atoms with Crippen LogP contribution in [0, 0.1) is 19.8 Å². The molecule has 9 heteroatoms. The molecular weight excluding hydrogens is 460 g/mol. The first kappa shape index (κ1) is 25.4. The van der Waals surface area contributed by atoms with Crippen LogP contribution in [0.2, 0.25) is 0 Å². The van der Waals surface area contributed by atoms with Gasteiger partial charge in [0.05, 0.1) is 23.9 Å². The summed E-state index contributed by atoms with van der Waals surface area (Å²) in [7, 11) is 1.59. The zero-order chi connectivity index (χ0) is 25.8. The second kappa shape index (κ2) is 10.9. The van der Waals surface area contributed by atoms with E-state index < -0.39 is 11.9 Å². The quantitative estimate of drug-likeness (QED) is 0.366. The van der Waals surface area contributed by atoms with Crippen LogP contribution in [0.15, 0.2) is 46.5 Å². The van der Waals surface area contributed by atoms with Gasteiger partial charge in [-0.1, -0.05) is 24.6 Å². The molecule has 1 aliphatic heterocycles. The highest BCUT2D eigenvalue weighted by molar-refractivity contribution is 6.54. The number of aliphatic imine (C=N–C) groups is 1. The van der Waals surface area contributed by atoms with E-state index in [1.165, 1.54) is 4.90 Å². The number of phenolic OH excluding ortho intramolecular Hbond substituents is 1. The van der Waals surface area contributed by atoms with E-state index in [1.54, 1.807) is 19.2 Å². The van der Waals surface area contributed by atoms with E-state index in [-0.39, 0.29) is 23.4 Å². The van der Waals surface area contributed by atoms with Crippen LogP contribution < -0.4 is 10.3 Å². The normalized spacial score (nSPS) is 21.1. The SMILES string of the molecule is COCCC1=NC(=NNc2cccc(C3CCCC(C(=O)O)C3)c2O)C(=O)N1c1ccc(C)c(C)c1. The molecule has 1 fully saturated rings. The number of amidine groups is 2. The number of hydrazone groups is 1. The number of hydrogen-bond donors (Lipinski definition) is 3. The molecule has 190 valence electrons. The molecule has 0 aromatic heterocycles. The number of carbonyl (C=O) groups is 2. The third kappa shape index (κ3) is 5.26. The number of nitrogens with one attached hydrogen (secondary N) is 1. The lowest BCUT2D eigenvalue weighted by Gasteiger charge is -2.27. The van der Waals surface area contributed by atoms with Crippen molar-refractivity contribution in [1.29, 1.82) is 0 Å². The van der Waals surface area contributed by atoms with Crippen molar-refractivity contribution in [2.24, 2.45) is 16.0 Å². The van der Waals surface area contributed by atoms with Gasteiger partial charge in [-0.3, -0.25) is 19.9 Å². The third-order valence-corrected chi connectivity index (χ3v) is 6.98. The van der Waals surface area contributed by atoms with Gasteiger partial charge in [0.25, 0.3) is 0 Å². The molecule has 1 heterocycles. The molecule has 36 heavy (non-hydrogen) atoms. The molecule has 0 spiro atoms. The van der Waals surface area contributed by atoms with Crippen LogP contribution in [-0.4, -0.2) is 47.5 Å². The lowest BCUT2D eigenvalue weighted by molar-refractivity contribution is -0.143. The van der Waals surface area contributed by atoms with Crippen molar-refractivity contribution in [2.75, 3.05) is 24.0 Å². The molecule has 2 unspecified atom stereocenters. The Kier molecular flexibility index (Phi) is 7.69. The van der Waals surface area contributed by atoms with Crippen molar-refractivity contribution >= 4 is 34.9 Å². The highest BCUT2D eigenvalue weighted by Crippen LogP contribution is 2.42. The van der Waals surface area contributed by atoms with Gasteiger partial charge in [-0.25, -0.2) is 4.99 Å². The number of carboxylic acid groups (broad SMARTS) is 1. The summed E-state index contributed by atoms with van der Waals surface area (Å²) in [5.41, 5.74) is 6.72. The van der Waals surface area contributed by atoms with Crippen molar-refractivity contribution in [3.63, 3.8) is 0 Å². The second-order valence-electron chi connectivity index (χ2n) is 9.37. The molecule has 3 N–H and O–H groups in total. The second-order valence-corrected chi connectivity index (χ2v) is 9.37. The summed E-state index contributed by atoms with van der Waals surface area (Å²) < 4.78 is 5.20. The van der Waals surface area contributed by atoms with Crippen molar-refractivity contribution in [3.05, 3.63) is 53.1 Å². The Labute approximate surface area is 210 Å². The molecule has 1 amide bonds. The van der Waals surface area contributed by atoms with Gasteiger partial charge < -0.3 is 14.9 Å². The number of rotatable bonds is 8. The van der Waals surface area contributed by atoms with E-state index in [1.807, 2.05) is 38.1 Å². The van der Waals surface area contributed by atoms with E-state index in [0.29, 0.717) is 48.6 Å². The van der Waals surface area contributed by atoms with E-state index in [2.05, 4.69) is 15.5 Å². The minimum Gasteiger partial charge on any atom is -0.505 e. The number of aryl methyl sites for hydroxylation is 2. The van der Waals surface area contributed by atoms with Crippen molar-refractivity contribution < 1.29 is 24.5 Å². The number of benzene rings is 2. The Morgan fingerprint density at radius 3 is 2.75 bits per heavy atom. The molecule has 1 aliphatic carbocycles. The Balaban J connectivity index is 1.58. The average Bonchev–Trinajstić information content (AvgIpc) is 3.18. The Morgan fingerprint density at radius 1 is 1.22 bits per heavy atom. The maximum absolute atomic E-state index is 13.3. The predicted molar refractivity (Wildman–Crippen MR) is 139 cm³/mol. The molecule has 0 radical (unpaired) electrons. The summed E-state index contributed by atoms with van der Waals surface area (Å²) in [6.07, 6.45) is 3.17. The molecule has 9 nitrogen and oxygen atoms in total. The topological polar surface area (TPSA) is 124 Å². The molecule has 1 saturated carbocycles. The van der Waals surface area contributed by atoms with Crippen LogP contribution >= 0.6 is 0 Å². The van der Waals surface area contributed by atoms with Crippen LogP contribution in [0.1, 0.15) is 54.7 Å². The lowest BCUT2D eigenvalue weighted by atomic mass is 9.77. The van der Waals surface area contributed by atoms with Crippen molar-refractivity contribution in [3.8, 4) is 5.75 Å². The van der Waals surface area contributed by atoms with Gasteiger partial charge in [0.1, 0.15) is 11.6 Å². The zero-order valence-corrected chi connectivity index (χ0v) is 20.8. The van der Waals surface area contributed by atoms with Gasteiger partial charge >= 0.3 is 11.9 Å². The molecule has 0 saturated heterocycles. The number of amides is 1. The highest BCUT2D eigenvalue weighted by atomic mass is 16.5. The Hall–Kier alpha value is -3.72. The van der Waals surface area contributed by atoms with Crippen molar-refractivity contribution in [1.82, 2.24) is 0 Å². The van der Waals surface area contributed by atoms with Crippen LogP contribution in [0.4, 0.5) is 11.4 Å². The largest absolute Gasteiger partial charge is 0.505 e. The minimum absolute atomic E-state index is 0.0120. The fourth-order valence-corrected chi connectivity index (χ4v) is 4.79. The lowest BCUT2D eigenvalue weighted by Crippen LogP contribution is -2.34. The number of para-hydroxylation sites is 1. The number of methoxy groups -OCH3 is 1. The number of ether oxygens (including phenoxy) is 1. The van der Waals surface area contributed by atoms with Crippen LogP contribution in [-0.2, 0) is 14.3 Å². The van der Waals surface area contributed by atoms with Crippen LogP contribution in [0.25, 0.3) is 0 Å². The van der Waals surface area contributed by atoms with Crippen molar-refractivity contribution in [2.45, 2.75) is 51.9 Å². The summed E-state index contributed by atoms with van der Waals surface area (Å²) in [5, 5.41) is 24.6. The molecule has 0 bridgehead atoms. The highest BCUT2D eigenvalue weighted by Gasteiger charge is 2.33. The van der Waals surface area contributed by atoms with Gasteiger partial charge in [0, 0.05) is 13.5 Å². The minimum atomic E-state index is -0.796. The molecular formula is C27H32N4O5. The standard InChI is InChI=1S/C27H32N4O5/c1-16-10-11-20(14-17(16)2)31-23(12-13-36-3)28-25(26(31)33)30-29-22-9-5-8-21(24(22)32)18-6-4-7-19(15-18)27(34)35/h5,8-11,14,18-19,29,32H,4,6-7,12-13,15H2,1-3H3,(H,34,35). The molecule has 2 aromatic carbocycles. The summed E-state index contributed by atoms with van der Waals surface area (Å²) in [6.45, 7) is 4.40. The molecule has 2 aromatic rings. The van der Waals surface area contributed by atoms with Gasteiger partial charge in [-0.15, -0.1) is 5.10 Å². The fraction of sp³-hybridized carbons (Fsp3) is 0.407. The Morgan fingerprint density at radius 2 is 2.03 bits per heavy atom. The van der Waals surface area contributed by atoms with Crippen LogP contribution in [0.3, 0.4) is 0 Å². The summed E-state index contributed by atoms with van der Waals surface area (Å²) in [4.78, 5) is 30.7. The first-order valence-corrected chi connectivity index (χ1v) is 12.2. The number of carboxylic acids is 1. The molecule has 4 rings (SSSR count). The van der Waals surface area contributed by atoms with Gasteiger partial charge in [0.2, 0.25) is 5.84 Å². The summed E-state index contributed by atoms with van der Waals surface area (Å²) in [5.74, 6) is -1.11. The first-order valence-electron chi connectivity index (χ1n) is 12.2. The average molecular weight is 493 g/mol. The molecule has 2 atom stereocenters. The monoisotopic (exact) mass is 492 g/mol. The number of carbonyl (C=O) groups excluding carboxylic acids is 1. The fourth-order valence-electron chi connectivity index (χ4n) is 4.79. The predicted octanol–water partition coefficient (Wildman–Crippen LogP) is 4.57. The number of aromatic hydroxyl groups is 1. The number of phenols is 1. The smallest absolute Gasteiger partial charge is 0.306 e. The Bertz CT molecular complexity index is 1220. The number of anilines is 2. The maximum Gasteiger partial charge on any atom is 0.306 e. The van der Waals surface area contributed by atoms with Gasteiger partial charge in [0.15, 0.2) is 0 Å². The maximum atomic E-state index is 13.3. The van der Waals surface area contributed by atoms with E-state index >= 15 is 0 Å². The summed E-state index contributed by atoms with van der Waals surface area (Å²) in [6, 6.07) is 11.0. The first-order chi connectivity index (χ1) is 17.3. The van der Waals surface area contributed by atoms with Gasteiger partial charge in [-0.05, 0) is 73.9 Å². The summed E-state index contributed by atoms with van der Waals surface area (Å²) >= 11 is 0. The zero-order valence-electron chi connectivity index (χ0n) is 20.8. The van der Waals surface area contributed by atoms with E-state index in [4.69, 9.17) is 4.74 Å². The number of aliphatic carboxylic acids is 1. The van der Waals surface area contributed by atoms with E-state index in [9.17, 15) is 19.8 Å². The number of nitrogens with zero attached hydrogens (tertiary/aromatic N) is 3. The third-order valence-electron chi connectivity index (χ3n) is 6.98. The molecule has 2 aliphatic rings. The number of hydrogen-bond acceptors (Lipinski definition) is 6.